The Bertz CT molecular complexity index is 632. The van der Waals surface area contributed by atoms with E-state index >= 15 is 0 Å². The van der Waals surface area contributed by atoms with E-state index < -0.39 is 11.8 Å². The number of rotatable bonds is 4. The molecule has 0 unspecified atom stereocenters. The van der Waals surface area contributed by atoms with Gasteiger partial charge in [0.2, 0.25) is 5.88 Å². The number of anilines is 1. The third-order valence-corrected chi connectivity index (χ3v) is 2.46. The highest BCUT2D eigenvalue weighted by Crippen LogP contribution is 2.28. The minimum atomic E-state index is -0.559. The minimum Gasteiger partial charge on any atom is -0.462 e. The lowest BCUT2D eigenvalue weighted by Crippen LogP contribution is -2.09. The van der Waals surface area contributed by atoms with Gasteiger partial charge >= 0.3 is 5.97 Å². The van der Waals surface area contributed by atoms with Crippen LogP contribution in [0.25, 0.3) is 0 Å². The molecule has 2 rings (SSSR count). The number of aromatic nitrogens is 1. The summed E-state index contributed by atoms with van der Waals surface area (Å²) in [4.78, 5) is 15.6. The molecule has 104 valence electrons. The van der Waals surface area contributed by atoms with Crippen LogP contribution in [0.4, 0.5) is 10.1 Å². The van der Waals surface area contributed by atoms with E-state index in [0.29, 0.717) is 0 Å². The second kappa shape index (κ2) is 6.01. The van der Waals surface area contributed by atoms with E-state index in [1.165, 1.54) is 30.5 Å². The Morgan fingerprint density at radius 3 is 2.90 bits per heavy atom. The molecule has 0 spiro atoms. The summed E-state index contributed by atoms with van der Waals surface area (Å²) < 4.78 is 23.3. The zero-order valence-corrected chi connectivity index (χ0v) is 10.8. The van der Waals surface area contributed by atoms with Gasteiger partial charge in [-0.05, 0) is 25.1 Å². The lowest BCUT2D eigenvalue weighted by molar-refractivity contribution is 0.0527. The molecule has 6 heteroatoms. The standard InChI is InChI=1S/C14H13FN2O3/c1-2-19-14(18)11-6-7-17-13(12(11)16)20-10-5-3-4-9(15)8-10/h3-8H,2,16H2,1H3. The van der Waals surface area contributed by atoms with E-state index in [-0.39, 0.29) is 29.5 Å². The predicted molar refractivity (Wildman–Crippen MR) is 71.1 cm³/mol. The van der Waals surface area contributed by atoms with Crippen LogP contribution in [0.15, 0.2) is 36.5 Å². The van der Waals surface area contributed by atoms with Crippen molar-refractivity contribution in [2.45, 2.75) is 6.92 Å². The van der Waals surface area contributed by atoms with Gasteiger partial charge in [-0.3, -0.25) is 0 Å². The first kappa shape index (κ1) is 13.8. The highest BCUT2D eigenvalue weighted by atomic mass is 19.1. The summed E-state index contributed by atoms with van der Waals surface area (Å²) >= 11 is 0. The molecule has 1 heterocycles. The molecule has 0 aliphatic rings. The topological polar surface area (TPSA) is 74.4 Å². The molecular formula is C14H13FN2O3. The fourth-order valence-electron chi connectivity index (χ4n) is 1.56. The van der Waals surface area contributed by atoms with Crippen LogP contribution in [0.2, 0.25) is 0 Å². The molecule has 0 radical (unpaired) electrons. The quantitative estimate of drug-likeness (QED) is 0.869. The maximum Gasteiger partial charge on any atom is 0.340 e. The number of ether oxygens (including phenoxy) is 2. The van der Waals surface area contributed by atoms with Crippen molar-refractivity contribution in [1.82, 2.24) is 4.98 Å². The van der Waals surface area contributed by atoms with Gasteiger partial charge in [-0.2, -0.15) is 0 Å². The molecule has 0 amide bonds. The number of pyridine rings is 1. The van der Waals surface area contributed by atoms with Crippen LogP contribution in [0, 0.1) is 5.82 Å². The van der Waals surface area contributed by atoms with E-state index in [1.54, 1.807) is 13.0 Å². The summed E-state index contributed by atoms with van der Waals surface area (Å²) in [6.45, 7) is 1.93. The lowest BCUT2D eigenvalue weighted by Gasteiger charge is -2.10. The van der Waals surface area contributed by atoms with Crippen molar-refractivity contribution >= 4 is 11.7 Å². The van der Waals surface area contributed by atoms with Gasteiger partial charge in [0.05, 0.1) is 12.2 Å². The highest BCUT2D eigenvalue weighted by Gasteiger charge is 2.16. The van der Waals surface area contributed by atoms with Crippen LogP contribution in [-0.2, 0) is 4.74 Å². The summed E-state index contributed by atoms with van der Waals surface area (Å²) in [5.74, 6) is -0.731. The maximum atomic E-state index is 13.1. The number of esters is 1. The van der Waals surface area contributed by atoms with Gasteiger partial charge in [-0.15, -0.1) is 0 Å². The fourth-order valence-corrected chi connectivity index (χ4v) is 1.56. The first-order valence-electron chi connectivity index (χ1n) is 5.97. The number of hydrogen-bond donors (Lipinski definition) is 1. The number of nitrogen functional groups attached to an aromatic ring is 1. The second-order valence-corrected chi connectivity index (χ2v) is 3.86. The average Bonchev–Trinajstić information content (AvgIpc) is 2.41. The van der Waals surface area contributed by atoms with Crippen molar-refractivity contribution in [3.63, 3.8) is 0 Å². The van der Waals surface area contributed by atoms with Crippen molar-refractivity contribution in [2.24, 2.45) is 0 Å². The van der Waals surface area contributed by atoms with Crippen LogP contribution >= 0.6 is 0 Å². The first-order chi connectivity index (χ1) is 9.61. The highest BCUT2D eigenvalue weighted by molar-refractivity contribution is 5.96. The van der Waals surface area contributed by atoms with Crippen molar-refractivity contribution < 1.29 is 18.7 Å². The number of carbonyl (C=O) groups excluding carboxylic acids is 1. The van der Waals surface area contributed by atoms with Crippen LogP contribution < -0.4 is 10.5 Å². The molecule has 0 saturated heterocycles. The monoisotopic (exact) mass is 276 g/mol. The Labute approximate surface area is 115 Å². The number of hydrogen-bond acceptors (Lipinski definition) is 5. The van der Waals surface area contributed by atoms with Crippen LogP contribution in [-0.4, -0.2) is 17.6 Å². The minimum absolute atomic E-state index is 0.0288. The van der Waals surface area contributed by atoms with Crippen molar-refractivity contribution in [3.8, 4) is 11.6 Å². The molecule has 20 heavy (non-hydrogen) atoms. The van der Waals surface area contributed by atoms with Crippen LogP contribution in [0.1, 0.15) is 17.3 Å². The summed E-state index contributed by atoms with van der Waals surface area (Å²) in [6, 6.07) is 6.97. The first-order valence-corrected chi connectivity index (χ1v) is 5.97. The Balaban J connectivity index is 2.29. The Hall–Kier alpha value is -2.63. The van der Waals surface area contributed by atoms with Gasteiger partial charge in [0.25, 0.3) is 0 Å². The molecule has 2 aromatic rings. The third-order valence-electron chi connectivity index (χ3n) is 2.46. The fraction of sp³-hybridized carbons (Fsp3) is 0.143. The molecule has 0 bridgehead atoms. The second-order valence-electron chi connectivity index (χ2n) is 3.86. The summed E-state index contributed by atoms with van der Waals surface area (Å²) in [6.07, 6.45) is 1.37. The molecule has 1 aromatic carbocycles. The van der Waals surface area contributed by atoms with Crippen molar-refractivity contribution in [1.29, 1.82) is 0 Å². The van der Waals surface area contributed by atoms with E-state index in [1.807, 2.05) is 0 Å². The predicted octanol–water partition coefficient (Wildman–Crippen LogP) is 2.77. The van der Waals surface area contributed by atoms with E-state index in [0.717, 1.165) is 0 Å². The molecule has 1 aromatic heterocycles. The SMILES string of the molecule is CCOC(=O)c1ccnc(Oc2cccc(F)c2)c1N. The van der Waals surface area contributed by atoms with Gasteiger partial charge < -0.3 is 15.2 Å². The van der Waals surface area contributed by atoms with E-state index in [4.69, 9.17) is 15.2 Å². The summed E-state index contributed by atoms with van der Waals surface area (Å²) in [5, 5.41) is 0. The average molecular weight is 276 g/mol. The van der Waals surface area contributed by atoms with Gasteiger partial charge in [-0.1, -0.05) is 6.07 Å². The third kappa shape index (κ3) is 3.03. The van der Waals surface area contributed by atoms with Crippen LogP contribution in [0.5, 0.6) is 11.6 Å². The zero-order chi connectivity index (χ0) is 14.5. The number of carbonyl (C=O) groups is 1. The Kier molecular flexibility index (Phi) is 4.14. The molecular weight excluding hydrogens is 263 g/mol. The largest absolute Gasteiger partial charge is 0.462 e. The van der Waals surface area contributed by atoms with E-state index in [2.05, 4.69) is 4.98 Å². The zero-order valence-electron chi connectivity index (χ0n) is 10.8. The Morgan fingerprint density at radius 2 is 2.20 bits per heavy atom. The molecule has 2 N–H and O–H groups in total. The van der Waals surface area contributed by atoms with Crippen molar-refractivity contribution in [3.05, 3.63) is 47.9 Å². The van der Waals surface area contributed by atoms with Crippen molar-refractivity contribution in [2.75, 3.05) is 12.3 Å². The number of nitrogens with two attached hydrogens (primary N) is 1. The lowest BCUT2D eigenvalue weighted by atomic mass is 10.2. The molecule has 0 fully saturated rings. The Morgan fingerprint density at radius 1 is 1.40 bits per heavy atom. The summed E-state index contributed by atoms with van der Waals surface area (Å²) in [7, 11) is 0. The normalized spacial score (nSPS) is 10.1. The maximum absolute atomic E-state index is 13.1. The van der Waals surface area contributed by atoms with Gasteiger partial charge in [0.15, 0.2) is 0 Å². The summed E-state index contributed by atoms with van der Waals surface area (Å²) in [5.41, 5.74) is 6.03. The van der Waals surface area contributed by atoms with Crippen LogP contribution in [0.3, 0.4) is 0 Å². The molecule has 0 aliphatic carbocycles. The number of nitrogens with zero attached hydrogens (tertiary/aromatic N) is 1. The van der Waals surface area contributed by atoms with Gasteiger partial charge in [0.1, 0.15) is 17.3 Å². The molecule has 0 atom stereocenters. The van der Waals surface area contributed by atoms with Gasteiger partial charge in [-0.25, -0.2) is 14.2 Å². The molecule has 5 nitrogen and oxygen atoms in total. The van der Waals surface area contributed by atoms with Gasteiger partial charge in [0, 0.05) is 12.3 Å². The molecule has 0 saturated carbocycles. The smallest absolute Gasteiger partial charge is 0.340 e. The van der Waals surface area contributed by atoms with E-state index in [9.17, 15) is 9.18 Å². The number of halogens is 1. The molecule has 0 aliphatic heterocycles. The number of benzene rings is 1.